The maximum Gasteiger partial charge on any atom is 0.420 e. The maximum atomic E-state index is 12.8. The Kier molecular flexibility index (Phi) is 5.12. The largest absolute Gasteiger partial charge is 0.443 e. The number of carbonyl (C=O) groups is 2. The van der Waals surface area contributed by atoms with Crippen LogP contribution in [0.1, 0.15) is 50.8 Å². The summed E-state index contributed by atoms with van der Waals surface area (Å²) < 4.78 is 6.53. The van der Waals surface area contributed by atoms with Crippen molar-refractivity contribution in [1.29, 1.82) is 0 Å². The highest BCUT2D eigenvalue weighted by Gasteiger charge is 2.28. The van der Waals surface area contributed by atoms with Crippen molar-refractivity contribution in [3.8, 4) is 0 Å². The summed E-state index contributed by atoms with van der Waals surface area (Å²) in [5, 5.41) is 11.8. The summed E-state index contributed by atoms with van der Waals surface area (Å²) in [4.78, 5) is 34.7. The number of carbonyl (C=O) groups excluding carboxylic acids is 2. The molecule has 0 spiro atoms. The Labute approximate surface area is 152 Å². The highest BCUT2D eigenvalue weighted by molar-refractivity contribution is 6.02. The van der Waals surface area contributed by atoms with E-state index in [4.69, 9.17) is 9.57 Å². The molecule has 26 heavy (non-hydrogen) atoms. The van der Waals surface area contributed by atoms with Gasteiger partial charge in [-0.1, -0.05) is 0 Å². The number of aromatic nitrogens is 2. The second-order valence-corrected chi connectivity index (χ2v) is 7.50. The molecule has 0 aromatic carbocycles. The summed E-state index contributed by atoms with van der Waals surface area (Å²) >= 11 is 0. The number of fused-ring (bicyclic) bond motifs is 1. The number of ether oxygens (including phenoxy) is 1. The zero-order valence-electron chi connectivity index (χ0n) is 16.2. The molecule has 2 rings (SSSR count). The smallest absolute Gasteiger partial charge is 0.420 e. The average molecular weight is 363 g/mol. The second kappa shape index (κ2) is 6.69. The van der Waals surface area contributed by atoms with E-state index in [1.807, 2.05) is 0 Å². The van der Waals surface area contributed by atoms with E-state index in [1.165, 1.54) is 20.2 Å². The van der Waals surface area contributed by atoms with Crippen molar-refractivity contribution in [1.82, 2.24) is 14.6 Å². The van der Waals surface area contributed by atoms with Crippen molar-refractivity contribution < 1.29 is 24.3 Å². The average Bonchev–Trinajstić information content (AvgIpc) is 2.89. The van der Waals surface area contributed by atoms with Crippen LogP contribution in [0, 0.1) is 0 Å². The van der Waals surface area contributed by atoms with Crippen molar-refractivity contribution in [3.63, 3.8) is 0 Å². The lowest BCUT2D eigenvalue weighted by molar-refractivity contribution is -0.0762. The molecular formula is C18H25N3O5. The Bertz CT molecular complexity index is 843. The summed E-state index contributed by atoms with van der Waals surface area (Å²) in [7, 11) is 2.79. The van der Waals surface area contributed by atoms with Crippen molar-refractivity contribution in [2.75, 3.05) is 14.2 Å². The number of pyridine rings is 1. The molecule has 8 nitrogen and oxygen atoms in total. The van der Waals surface area contributed by atoms with Crippen LogP contribution in [0.4, 0.5) is 4.79 Å². The summed E-state index contributed by atoms with van der Waals surface area (Å²) in [5.41, 5.74) is -1.31. The van der Waals surface area contributed by atoms with Crippen molar-refractivity contribution in [3.05, 3.63) is 29.6 Å². The minimum atomic E-state index is -1.20. The number of nitrogens with zero attached hydrogens (tertiary/aromatic N) is 3. The van der Waals surface area contributed by atoms with Gasteiger partial charge in [0.25, 0.3) is 5.91 Å². The molecule has 142 valence electrons. The molecule has 2 heterocycles. The lowest BCUT2D eigenvalue weighted by atomic mass is 10.0. The third-order valence-electron chi connectivity index (χ3n) is 3.63. The highest BCUT2D eigenvalue weighted by atomic mass is 16.7. The van der Waals surface area contributed by atoms with Gasteiger partial charge in [0.1, 0.15) is 16.9 Å². The molecule has 1 amide bonds. The number of hydrogen-bond acceptors (Lipinski definition) is 6. The number of hydroxylamine groups is 2. The molecule has 2 aromatic heterocycles. The molecule has 0 bridgehead atoms. The first-order valence-corrected chi connectivity index (χ1v) is 8.16. The van der Waals surface area contributed by atoms with Gasteiger partial charge in [-0.25, -0.2) is 19.4 Å². The Balaban J connectivity index is 2.72. The van der Waals surface area contributed by atoms with E-state index in [0.29, 0.717) is 11.1 Å². The van der Waals surface area contributed by atoms with Gasteiger partial charge in [0.15, 0.2) is 5.65 Å². The number of amides is 1. The fourth-order valence-corrected chi connectivity index (χ4v) is 2.31. The number of hydrogen-bond donors (Lipinski definition) is 1. The van der Waals surface area contributed by atoms with E-state index in [1.54, 1.807) is 46.8 Å². The first-order valence-electron chi connectivity index (χ1n) is 8.16. The van der Waals surface area contributed by atoms with Crippen LogP contribution in [0.25, 0.3) is 11.0 Å². The first kappa shape index (κ1) is 19.9. The molecule has 0 aliphatic carbocycles. The van der Waals surface area contributed by atoms with Gasteiger partial charge in [0.05, 0.1) is 12.8 Å². The van der Waals surface area contributed by atoms with E-state index in [-0.39, 0.29) is 11.3 Å². The minimum absolute atomic E-state index is 0.0546. The van der Waals surface area contributed by atoms with Crippen LogP contribution in [-0.4, -0.2) is 51.5 Å². The van der Waals surface area contributed by atoms with Crippen LogP contribution < -0.4 is 0 Å². The summed E-state index contributed by atoms with van der Waals surface area (Å²) in [6.07, 6.45) is -0.735. The Morgan fingerprint density at radius 1 is 1.19 bits per heavy atom. The van der Waals surface area contributed by atoms with E-state index in [9.17, 15) is 14.7 Å². The van der Waals surface area contributed by atoms with Gasteiger partial charge in [-0.3, -0.25) is 9.63 Å². The summed E-state index contributed by atoms with van der Waals surface area (Å²) in [6, 6.07) is 4.88. The fourth-order valence-electron chi connectivity index (χ4n) is 2.31. The molecule has 0 radical (unpaired) electrons. The van der Waals surface area contributed by atoms with Crippen LogP contribution >= 0.6 is 0 Å². The van der Waals surface area contributed by atoms with Crippen LogP contribution in [-0.2, 0) is 15.2 Å². The van der Waals surface area contributed by atoms with E-state index >= 15 is 0 Å². The molecule has 0 fully saturated rings. The van der Waals surface area contributed by atoms with Gasteiger partial charge in [0, 0.05) is 12.4 Å². The van der Waals surface area contributed by atoms with E-state index in [0.717, 1.165) is 9.63 Å². The van der Waals surface area contributed by atoms with Crippen LogP contribution in [0.5, 0.6) is 0 Å². The van der Waals surface area contributed by atoms with Gasteiger partial charge in [-0.05, 0) is 52.8 Å². The molecule has 0 aliphatic heterocycles. The molecular weight excluding hydrogens is 338 g/mol. The Hall–Kier alpha value is -2.45. The highest BCUT2D eigenvalue weighted by Crippen LogP contribution is 2.25. The van der Waals surface area contributed by atoms with Crippen molar-refractivity contribution in [2.45, 2.75) is 45.8 Å². The Morgan fingerprint density at radius 3 is 2.31 bits per heavy atom. The normalized spacial score (nSPS) is 12.3. The quantitative estimate of drug-likeness (QED) is 0.843. The molecule has 1 N–H and O–H groups in total. The maximum absolute atomic E-state index is 12.8. The van der Waals surface area contributed by atoms with Crippen molar-refractivity contribution in [2.24, 2.45) is 0 Å². The molecule has 2 aromatic rings. The van der Waals surface area contributed by atoms with Gasteiger partial charge in [-0.15, -0.1) is 0 Å². The van der Waals surface area contributed by atoms with Gasteiger partial charge in [-0.2, -0.15) is 0 Å². The van der Waals surface area contributed by atoms with Crippen LogP contribution in [0.15, 0.2) is 18.2 Å². The molecule has 8 heteroatoms. The monoisotopic (exact) mass is 363 g/mol. The lowest BCUT2D eigenvalue weighted by Gasteiger charge is -2.22. The van der Waals surface area contributed by atoms with Gasteiger partial charge in [0.2, 0.25) is 0 Å². The van der Waals surface area contributed by atoms with Gasteiger partial charge >= 0.3 is 6.09 Å². The zero-order valence-corrected chi connectivity index (χ0v) is 16.2. The zero-order chi connectivity index (χ0) is 19.9. The molecule has 0 unspecified atom stereocenters. The van der Waals surface area contributed by atoms with Crippen molar-refractivity contribution >= 4 is 23.0 Å². The number of aliphatic hydroxyl groups is 1. The van der Waals surface area contributed by atoms with E-state index in [2.05, 4.69) is 4.98 Å². The predicted molar refractivity (Wildman–Crippen MR) is 95.7 cm³/mol. The van der Waals surface area contributed by atoms with Gasteiger partial charge < -0.3 is 9.84 Å². The molecule has 0 saturated carbocycles. The second-order valence-electron chi connectivity index (χ2n) is 7.50. The standard InChI is InChI=1S/C18H25N3O5/c1-17(2,3)26-16(23)21-12(15(22)20(6)25-7)10-11-8-9-13(18(4,5)24)19-14(11)21/h8-10,24H,1-7H3. The summed E-state index contributed by atoms with van der Waals surface area (Å²) in [5.74, 6) is -0.527. The molecule has 0 saturated heterocycles. The molecule has 0 aliphatic rings. The Morgan fingerprint density at radius 2 is 1.81 bits per heavy atom. The molecule has 0 atom stereocenters. The van der Waals surface area contributed by atoms with E-state index < -0.39 is 23.2 Å². The predicted octanol–water partition coefficient (Wildman–Crippen LogP) is 2.68. The van der Waals surface area contributed by atoms with Crippen LogP contribution in [0.2, 0.25) is 0 Å². The topological polar surface area (TPSA) is 93.9 Å². The fraction of sp³-hybridized carbons (Fsp3) is 0.500. The SMILES string of the molecule is CON(C)C(=O)c1cc2ccc(C(C)(C)O)nc2n1C(=O)OC(C)(C)C. The third-order valence-corrected chi connectivity index (χ3v) is 3.63. The minimum Gasteiger partial charge on any atom is -0.443 e. The number of rotatable bonds is 3. The summed E-state index contributed by atoms with van der Waals surface area (Å²) in [6.45, 7) is 8.37. The lowest BCUT2D eigenvalue weighted by Crippen LogP contribution is -2.32. The first-order chi connectivity index (χ1) is 11.8. The third kappa shape index (κ3) is 4.03. The van der Waals surface area contributed by atoms with Crippen LogP contribution in [0.3, 0.4) is 0 Å².